The summed E-state index contributed by atoms with van der Waals surface area (Å²) >= 11 is 0. The number of rotatable bonds is 1. The van der Waals surface area contributed by atoms with Crippen molar-refractivity contribution in [3.05, 3.63) is 27.9 Å². The molecule has 2 aromatic rings. The van der Waals surface area contributed by atoms with Gasteiger partial charge < -0.3 is 0 Å². The van der Waals surface area contributed by atoms with Crippen molar-refractivity contribution in [1.82, 2.24) is 19.6 Å². The van der Waals surface area contributed by atoms with E-state index in [1.54, 1.807) is 0 Å². The molecule has 90 valence electrons. The molecule has 5 heteroatoms. The predicted octanol–water partition coefficient (Wildman–Crippen LogP) is 1.77. The first-order chi connectivity index (χ1) is 8.24. The quantitative estimate of drug-likeness (QED) is 0.815. The van der Waals surface area contributed by atoms with Crippen LogP contribution in [-0.4, -0.2) is 19.6 Å². The lowest BCUT2D eigenvalue weighted by Crippen LogP contribution is -2.15. The molecule has 1 fully saturated rings. The summed E-state index contributed by atoms with van der Waals surface area (Å²) in [6.07, 6.45) is 6.14. The summed E-state index contributed by atoms with van der Waals surface area (Å²) in [5.74, 6) is 1.88. The SMILES string of the molecule is Cc1cc(=O)n2[nH]c(C3CCCCC3)nc2n1. The van der Waals surface area contributed by atoms with Crippen LogP contribution in [-0.2, 0) is 0 Å². The molecule has 1 aliphatic rings. The summed E-state index contributed by atoms with van der Waals surface area (Å²) in [4.78, 5) is 20.5. The fourth-order valence-electron chi connectivity index (χ4n) is 2.57. The van der Waals surface area contributed by atoms with Crippen LogP contribution in [0, 0.1) is 6.92 Å². The summed E-state index contributed by atoms with van der Waals surface area (Å²) < 4.78 is 1.44. The molecule has 5 nitrogen and oxygen atoms in total. The van der Waals surface area contributed by atoms with Gasteiger partial charge >= 0.3 is 0 Å². The number of aryl methyl sites for hydroxylation is 1. The number of aromatic amines is 1. The van der Waals surface area contributed by atoms with Crippen molar-refractivity contribution in [1.29, 1.82) is 0 Å². The van der Waals surface area contributed by atoms with Crippen molar-refractivity contribution >= 4 is 5.78 Å². The van der Waals surface area contributed by atoms with Gasteiger partial charge in [-0.05, 0) is 19.8 Å². The number of nitrogens with zero attached hydrogens (tertiary/aromatic N) is 3. The normalized spacial score (nSPS) is 17.7. The number of H-pyrrole nitrogens is 1. The molecule has 0 atom stereocenters. The maximum atomic E-state index is 11.7. The van der Waals surface area contributed by atoms with Crippen LogP contribution >= 0.6 is 0 Å². The van der Waals surface area contributed by atoms with Gasteiger partial charge in [-0.15, -0.1) is 0 Å². The average molecular weight is 232 g/mol. The average Bonchev–Trinajstić information content (AvgIpc) is 2.74. The van der Waals surface area contributed by atoms with E-state index in [0.717, 1.165) is 24.4 Å². The maximum Gasteiger partial charge on any atom is 0.274 e. The molecule has 2 heterocycles. The Balaban J connectivity index is 2.06. The lowest BCUT2D eigenvalue weighted by molar-refractivity contribution is 0.428. The van der Waals surface area contributed by atoms with Gasteiger partial charge in [0.1, 0.15) is 5.82 Å². The first-order valence-electron chi connectivity index (χ1n) is 6.20. The molecule has 17 heavy (non-hydrogen) atoms. The Labute approximate surface area is 98.9 Å². The third kappa shape index (κ3) is 1.85. The van der Waals surface area contributed by atoms with Crippen molar-refractivity contribution in [3.8, 4) is 0 Å². The van der Waals surface area contributed by atoms with Crippen LogP contribution in [0.3, 0.4) is 0 Å². The molecule has 0 radical (unpaired) electrons. The summed E-state index contributed by atoms with van der Waals surface area (Å²) in [7, 11) is 0. The molecule has 1 saturated carbocycles. The zero-order valence-electron chi connectivity index (χ0n) is 9.94. The second-order valence-electron chi connectivity index (χ2n) is 4.81. The number of fused-ring (bicyclic) bond motifs is 1. The molecule has 1 aliphatic carbocycles. The van der Waals surface area contributed by atoms with Gasteiger partial charge in [-0.2, -0.15) is 9.50 Å². The monoisotopic (exact) mass is 232 g/mol. The minimum absolute atomic E-state index is 0.0814. The summed E-state index contributed by atoms with van der Waals surface area (Å²) in [6, 6.07) is 1.52. The van der Waals surface area contributed by atoms with E-state index in [2.05, 4.69) is 15.1 Å². The van der Waals surface area contributed by atoms with Crippen molar-refractivity contribution in [2.24, 2.45) is 0 Å². The second-order valence-corrected chi connectivity index (χ2v) is 4.81. The van der Waals surface area contributed by atoms with E-state index in [9.17, 15) is 4.79 Å². The lowest BCUT2D eigenvalue weighted by Gasteiger charge is -2.18. The molecule has 1 N–H and O–H groups in total. The van der Waals surface area contributed by atoms with Crippen LogP contribution in [0.5, 0.6) is 0 Å². The Bertz CT molecular complexity index is 592. The first kappa shape index (κ1) is 10.5. The van der Waals surface area contributed by atoms with E-state index in [-0.39, 0.29) is 5.56 Å². The number of nitrogens with one attached hydrogen (secondary N) is 1. The maximum absolute atomic E-state index is 11.7. The smallest absolute Gasteiger partial charge is 0.274 e. The minimum atomic E-state index is -0.0814. The van der Waals surface area contributed by atoms with Crippen LogP contribution in [0.15, 0.2) is 10.9 Å². The number of hydrogen-bond donors (Lipinski definition) is 1. The van der Waals surface area contributed by atoms with E-state index in [0.29, 0.717) is 11.7 Å². The Hall–Kier alpha value is -1.65. The molecular formula is C12H16N4O. The van der Waals surface area contributed by atoms with E-state index in [4.69, 9.17) is 0 Å². The van der Waals surface area contributed by atoms with Gasteiger partial charge in [-0.1, -0.05) is 19.3 Å². The van der Waals surface area contributed by atoms with Crippen LogP contribution in [0.25, 0.3) is 5.78 Å². The molecule has 0 aliphatic heterocycles. The number of hydrogen-bond acceptors (Lipinski definition) is 3. The van der Waals surface area contributed by atoms with Gasteiger partial charge in [0.05, 0.1) is 0 Å². The molecule has 3 rings (SSSR count). The summed E-state index contributed by atoms with van der Waals surface area (Å²) in [5.41, 5.74) is 0.638. The van der Waals surface area contributed by atoms with Gasteiger partial charge in [-0.25, -0.2) is 4.98 Å². The van der Waals surface area contributed by atoms with Crippen LogP contribution in [0.1, 0.15) is 49.5 Å². The molecule has 0 unspecified atom stereocenters. The van der Waals surface area contributed by atoms with Crippen molar-refractivity contribution in [3.63, 3.8) is 0 Å². The summed E-state index contributed by atoms with van der Waals surface area (Å²) in [5, 5.41) is 3.09. The molecular weight excluding hydrogens is 216 g/mol. The topological polar surface area (TPSA) is 63.0 Å². The van der Waals surface area contributed by atoms with E-state index in [1.807, 2.05) is 6.92 Å². The van der Waals surface area contributed by atoms with Gasteiger partial charge in [0.2, 0.25) is 0 Å². The highest BCUT2D eigenvalue weighted by Crippen LogP contribution is 2.30. The minimum Gasteiger partial charge on any atom is -0.275 e. The van der Waals surface area contributed by atoms with Crippen molar-refractivity contribution in [2.45, 2.75) is 44.9 Å². The molecule has 0 bridgehead atoms. The van der Waals surface area contributed by atoms with Crippen LogP contribution in [0.4, 0.5) is 0 Å². The van der Waals surface area contributed by atoms with Crippen molar-refractivity contribution in [2.75, 3.05) is 0 Å². The lowest BCUT2D eigenvalue weighted by atomic mass is 9.89. The Morgan fingerprint density at radius 2 is 2.06 bits per heavy atom. The fourth-order valence-corrected chi connectivity index (χ4v) is 2.57. The van der Waals surface area contributed by atoms with Crippen LogP contribution < -0.4 is 5.56 Å². The highest BCUT2D eigenvalue weighted by Gasteiger charge is 2.19. The highest BCUT2D eigenvalue weighted by molar-refractivity contribution is 5.28. The Morgan fingerprint density at radius 1 is 1.29 bits per heavy atom. The first-order valence-corrected chi connectivity index (χ1v) is 6.20. The standard InChI is InChI=1S/C12H16N4O/c1-8-7-10(17)16-12(13-8)14-11(15-16)9-5-3-2-4-6-9/h7,9H,2-6H2,1H3,(H,13,14,15). The van der Waals surface area contributed by atoms with Crippen molar-refractivity contribution < 1.29 is 0 Å². The largest absolute Gasteiger partial charge is 0.275 e. The fraction of sp³-hybridized carbons (Fsp3) is 0.583. The Kier molecular flexibility index (Phi) is 2.46. The van der Waals surface area contributed by atoms with Gasteiger partial charge in [-0.3, -0.25) is 9.89 Å². The van der Waals surface area contributed by atoms with E-state index in [1.165, 1.54) is 29.8 Å². The van der Waals surface area contributed by atoms with Gasteiger partial charge in [0.15, 0.2) is 0 Å². The zero-order chi connectivity index (χ0) is 11.8. The van der Waals surface area contributed by atoms with Gasteiger partial charge in [0, 0.05) is 17.7 Å². The third-order valence-corrected chi connectivity index (χ3v) is 3.47. The molecule has 0 spiro atoms. The second kappa shape index (κ2) is 3.98. The molecule has 0 aromatic carbocycles. The predicted molar refractivity (Wildman–Crippen MR) is 64.2 cm³/mol. The van der Waals surface area contributed by atoms with Crippen LogP contribution in [0.2, 0.25) is 0 Å². The third-order valence-electron chi connectivity index (χ3n) is 3.47. The zero-order valence-corrected chi connectivity index (χ0v) is 9.94. The molecule has 0 amide bonds. The van der Waals surface area contributed by atoms with E-state index < -0.39 is 0 Å². The highest BCUT2D eigenvalue weighted by atomic mass is 16.1. The van der Waals surface area contributed by atoms with E-state index >= 15 is 0 Å². The number of aromatic nitrogens is 4. The molecule has 2 aromatic heterocycles. The Morgan fingerprint density at radius 3 is 2.82 bits per heavy atom. The molecule has 0 saturated heterocycles. The van der Waals surface area contributed by atoms with Gasteiger partial charge in [0.25, 0.3) is 11.3 Å². The summed E-state index contributed by atoms with van der Waals surface area (Å²) in [6.45, 7) is 1.82.